The van der Waals surface area contributed by atoms with Crippen LogP contribution in [0.5, 0.6) is 0 Å². The highest BCUT2D eigenvalue weighted by Gasteiger charge is 2.34. The lowest BCUT2D eigenvalue weighted by atomic mass is 10.0. The van der Waals surface area contributed by atoms with E-state index in [0.717, 1.165) is 12.3 Å². The van der Waals surface area contributed by atoms with Crippen molar-refractivity contribution in [2.24, 2.45) is 0 Å². The first-order valence-corrected chi connectivity index (χ1v) is 5.35. The van der Waals surface area contributed by atoms with Crippen LogP contribution in [0.3, 0.4) is 0 Å². The molecule has 18 heavy (non-hydrogen) atoms. The smallest absolute Gasteiger partial charge is 0.399 e. The Morgan fingerprint density at radius 3 is 2.22 bits per heavy atom. The molecule has 0 fully saturated rings. The summed E-state index contributed by atoms with van der Waals surface area (Å²) in [6.45, 7) is 0. The minimum Gasteiger partial charge on any atom is -0.399 e. The van der Waals surface area contributed by atoms with Crippen molar-refractivity contribution in [3.05, 3.63) is 47.2 Å². The predicted octanol–water partition coefficient (Wildman–Crippen LogP) is 4.00. The quantitative estimate of drug-likeness (QED) is 0.629. The van der Waals surface area contributed by atoms with Gasteiger partial charge >= 0.3 is 6.18 Å². The Morgan fingerprint density at radius 2 is 1.67 bits per heavy atom. The van der Waals surface area contributed by atoms with Gasteiger partial charge in [-0.05, 0) is 23.8 Å². The van der Waals surface area contributed by atoms with Crippen LogP contribution in [0.25, 0.3) is 11.1 Å². The summed E-state index contributed by atoms with van der Waals surface area (Å²) in [5.74, 6) is 0. The fourth-order valence-electron chi connectivity index (χ4n) is 1.60. The summed E-state index contributed by atoms with van der Waals surface area (Å²) in [7, 11) is 0. The number of rotatable bonds is 1. The number of anilines is 1. The van der Waals surface area contributed by atoms with E-state index in [1.807, 2.05) is 0 Å². The number of nitrogen functional groups attached to an aromatic ring is 1. The van der Waals surface area contributed by atoms with Gasteiger partial charge in [0.25, 0.3) is 0 Å². The number of hydrogen-bond donors (Lipinski definition) is 1. The molecular formula is C12H8ClF3N2. The number of hydrogen-bond acceptors (Lipinski definition) is 2. The van der Waals surface area contributed by atoms with E-state index in [4.69, 9.17) is 17.3 Å². The second kappa shape index (κ2) is 4.49. The molecular weight excluding hydrogens is 265 g/mol. The monoisotopic (exact) mass is 272 g/mol. The molecule has 2 rings (SSSR count). The Labute approximate surface area is 106 Å². The van der Waals surface area contributed by atoms with Crippen LogP contribution >= 0.6 is 11.6 Å². The maximum atomic E-state index is 12.9. The zero-order valence-corrected chi connectivity index (χ0v) is 9.76. The van der Waals surface area contributed by atoms with E-state index in [-0.39, 0.29) is 10.7 Å². The normalized spacial score (nSPS) is 11.6. The van der Waals surface area contributed by atoms with Crippen LogP contribution in [0.2, 0.25) is 5.15 Å². The Bertz CT molecular complexity index is 565. The first-order valence-electron chi connectivity index (χ1n) is 4.97. The predicted molar refractivity (Wildman–Crippen MR) is 64.1 cm³/mol. The van der Waals surface area contributed by atoms with Gasteiger partial charge in [0, 0.05) is 17.4 Å². The highest BCUT2D eigenvalue weighted by atomic mass is 35.5. The van der Waals surface area contributed by atoms with Crippen LogP contribution in [-0.2, 0) is 6.18 Å². The lowest BCUT2D eigenvalue weighted by Crippen LogP contribution is -2.08. The molecule has 94 valence electrons. The lowest BCUT2D eigenvalue weighted by molar-refractivity contribution is -0.137. The van der Waals surface area contributed by atoms with Gasteiger partial charge in [0.1, 0.15) is 5.15 Å². The van der Waals surface area contributed by atoms with E-state index in [2.05, 4.69) is 4.98 Å². The minimum atomic E-state index is -4.48. The van der Waals surface area contributed by atoms with Crippen molar-refractivity contribution in [2.45, 2.75) is 6.18 Å². The molecule has 0 unspecified atom stereocenters. The summed E-state index contributed by atoms with van der Waals surface area (Å²) in [5, 5.41) is -0.186. The number of nitrogens with two attached hydrogens (primary N) is 1. The number of pyridine rings is 1. The van der Waals surface area contributed by atoms with Crippen molar-refractivity contribution in [1.82, 2.24) is 4.98 Å². The van der Waals surface area contributed by atoms with Gasteiger partial charge in [0.05, 0.1) is 5.56 Å². The maximum Gasteiger partial charge on any atom is 0.417 e. The van der Waals surface area contributed by atoms with E-state index >= 15 is 0 Å². The SMILES string of the molecule is Nc1ccc(-c2c(C(F)(F)F)ccnc2Cl)cc1. The summed E-state index contributed by atoms with van der Waals surface area (Å²) in [6, 6.07) is 6.89. The van der Waals surface area contributed by atoms with Crippen LogP contribution in [-0.4, -0.2) is 4.98 Å². The van der Waals surface area contributed by atoms with Crippen molar-refractivity contribution in [1.29, 1.82) is 0 Å². The fraction of sp³-hybridized carbons (Fsp3) is 0.0833. The first kappa shape index (κ1) is 12.7. The van der Waals surface area contributed by atoms with Crippen LogP contribution in [0.15, 0.2) is 36.5 Å². The van der Waals surface area contributed by atoms with E-state index in [1.165, 1.54) is 24.3 Å². The summed E-state index contributed by atoms with van der Waals surface area (Å²) in [6.07, 6.45) is -3.45. The Hall–Kier alpha value is -1.75. The molecule has 6 heteroatoms. The molecule has 0 saturated carbocycles. The highest BCUT2D eigenvalue weighted by Crippen LogP contribution is 2.39. The molecule has 0 bridgehead atoms. The Balaban J connectivity index is 2.66. The lowest BCUT2D eigenvalue weighted by Gasteiger charge is -2.13. The summed E-state index contributed by atoms with van der Waals surface area (Å²) in [5.41, 5.74) is 5.34. The third kappa shape index (κ3) is 2.41. The van der Waals surface area contributed by atoms with Crippen LogP contribution in [0.4, 0.5) is 18.9 Å². The Morgan fingerprint density at radius 1 is 1.06 bits per heavy atom. The molecule has 0 saturated heterocycles. The van der Waals surface area contributed by atoms with Gasteiger partial charge in [-0.2, -0.15) is 13.2 Å². The van der Waals surface area contributed by atoms with Crippen molar-refractivity contribution >= 4 is 17.3 Å². The molecule has 1 heterocycles. The zero-order valence-electron chi connectivity index (χ0n) is 9.00. The molecule has 0 aliphatic heterocycles. The van der Waals surface area contributed by atoms with E-state index in [9.17, 15) is 13.2 Å². The molecule has 2 N–H and O–H groups in total. The van der Waals surface area contributed by atoms with Gasteiger partial charge in [-0.1, -0.05) is 23.7 Å². The largest absolute Gasteiger partial charge is 0.417 e. The molecule has 2 nitrogen and oxygen atoms in total. The third-order valence-corrected chi connectivity index (χ3v) is 2.70. The molecule has 0 radical (unpaired) electrons. The average Bonchev–Trinajstić information content (AvgIpc) is 2.29. The van der Waals surface area contributed by atoms with E-state index in [1.54, 1.807) is 0 Å². The molecule has 0 amide bonds. The summed E-state index contributed by atoms with van der Waals surface area (Å²) >= 11 is 5.77. The molecule has 0 spiro atoms. The number of alkyl halides is 3. The third-order valence-electron chi connectivity index (χ3n) is 2.41. The molecule has 0 aliphatic carbocycles. The second-order valence-electron chi connectivity index (χ2n) is 3.64. The number of halogens is 4. The average molecular weight is 273 g/mol. The van der Waals surface area contributed by atoms with Crippen LogP contribution in [0, 0.1) is 0 Å². The van der Waals surface area contributed by atoms with Gasteiger partial charge in [-0.25, -0.2) is 4.98 Å². The number of benzene rings is 1. The minimum absolute atomic E-state index is 0.133. The number of nitrogens with zero attached hydrogens (tertiary/aromatic N) is 1. The van der Waals surface area contributed by atoms with Crippen molar-refractivity contribution < 1.29 is 13.2 Å². The van der Waals surface area contributed by atoms with E-state index in [0.29, 0.717) is 11.3 Å². The van der Waals surface area contributed by atoms with Crippen molar-refractivity contribution in [3.63, 3.8) is 0 Å². The summed E-state index contributed by atoms with van der Waals surface area (Å²) in [4.78, 5) is 3.69. The van der Waals surface area contributed by atoms with Gasteiger partial charge in [-0.15, -0.1) is 0 Å². The zero-order chi connectivity index (χ0) is 13.3. The maximum absolute atomic E-state index is 12.9. The molecule has 0 aliphatic rings. The standard InChI is InChI=1S/C12H8ClF3N2/c13-11-10(7-1-3-8(17)4-2-7)9(5-6-18-11)12(14,15)16/h1-6H,17H2. The van der Waals surface area contributed by atoms with Gasteiger partial charge in [0.2, 0.25) is 0 Å². The van der Waals surface area contributed by atoms with Crippen LogP contribution in [0.1, 0.15) is 5.56 Å². The van der Waals surface area contributed by atoms with Gasteiger partial charge < -0.3 is 5.73 Å². The first-order chi connectivity index (χ1) is 8.39. The Kier molecular flexibility index (Phi) is 3.17. The van der Waals surface area contributed by atoms with Crippen molar-refractivity contribution in [3.8, 4) is 11.1 Å². The fourth-order valence-corrected chi connectivity index (χ4v) is 1.86. The molecule has 2 aromatic rings. The van der Waals surface area contributed by atoms with Crippen molar-refractivity contribution in [2.75, 3.05) is 5.73 Å². The summed E-state index contributed by atoms with van der Waals surface area (Å²) < 4.78 is 38.6. The van der Waals surface area contributed by atoms with E-state index < -0.39 is 11.7 Å². The molecule has 1 aromatic heterocycles. The molecule has 1 aromatic carbocycles. The number of aromatic nitrogens is 1. The van der Waals surface area contributed by atoms with Gasteiger partial charge in [-0.3, -0.25) is 0 Å². The second-order valence-corrected chi connectivity index (χ2v) is 4.00. The highest BCUT2D eigenvalue weighted by molar-refractivity contribution is 6.32. The topological polar surface area (TPSA) is 38.9 Å². The molecule has 0 atom stereocenters. The van der Waals surface area contributed by atoms with Crippen LogP contribution < -0.4 is 5.73 Å². The van der Waals surface area contributed by atoms with Gasteiger partial charge in [0.15, 0.2) is 0 Å².